The second-order valence-electron chi connectivity index (χ2n) is 5.33. The molecule has 0 N–H and O–H groups in total. The zero-order chi connectivity index (χ0) is 13.1. The largest absolute Gasteiger partial charge is 0.264 e. The lowest BCUT2D eigenvalue weighted by atomic mass is 9.81. The van der Waals surface area contributed by atoms with Gasteiger partial charge in [0, 0.05) is 12.4 Å². The molecule has 1 aliphatic carbocycles. The van der Waals surface area contributed by atoms with Gasteiger partial charge in [-0.2, -0.15) is 0 Å². The van der Waals surface area contributed by atoms with Crippen LogP contribution in [0.2, 0.25) is 0 Å². The first-order valence-corrected chi connectivity index (χ1v) is 7.00. The molecule has 0 spiro atoms. The number of halogens is 1. The SMILES string of the molecule is Fc1ccc(CCC2CCCc3cnccc32)cc1. The summed E-state index contributed by atoms with van der Waals surface area (Å²) in [5, 5.41) is 0. The van der Waals surface area contributed by atoms with Gasteiger partial charge in [0.2, 0.25) is 0 Å². The highest BCUT2D eigenvalue weighted by molar-refractivity contribution is 5.30. The molecular formula is C17H18FN. The molecule has 1 heterocycles. The number of aryl methyl sites for hydroxylation is 2. The first-order chi connectivity index (χ1) is 9.33. The highest BCUT2D eigenvalue weighted by Gasteiger charge is 2.19. The van der Waals surface area contributed by atoms with Gasteiger partial charge in [-0.05, 0) is 72.9 Å². The lowest BCUT2D eigenvalue weighted by molar-refractivity contribution is 0.519. The molecule has 2 heteroatoms. The van der Waals surface area contributed by atoms with E-state index in [2.05, 4.69) is 11.1 Å². The van der Waals surface area contributed by atoms with Gasteiger partial charge in [0.25, 0.3) is 0 Å². The van der Waals surface area contributed by atoms with E-state index in [-0.39, 0.29) is 5.82 Å². The summed E-state index contributed by atoms with van der Waals surface area (Å²) < 4.78 is 12.9. The topological polar surface area (TPSA) is 12.9 Å². The van der Waals surface area contributed by atoms with Crippen molar-refractivity contribution in [3.8, 4) is 0 Å². The van der Waals surface area contributed by atoms with Crippen molar-refractivity contribution in [2.75, 3.05) is 0 Å². The quantitative estimate of drug-likeness (QED) is 0.798. The van der Waals surface area contributed by atoms with Crippen molar-refractivity contribution in [3.63, 3.8) is 0 Å². The summed E-state index contributed by atoms with van der Waals surface area (Å²) in [6.45, 7) is 0. The molecular weight excluding hydrogens is 237 g/mol. The van der Waals surface area contributed by atoms with Crippen molar-refractivity contribution in [1.82, 2.24) is 4.98 Å². The third-order valence-electron chi connectivity index (χ3n) is 4.07. The summed E-state index contributed by atoms with van der Waals surface area (Å²) in [5.74, 6) is 0.481. The average Bonchev–Trinajstić information content (AvgIpc) is 2.47. The van der Waals surface area contributed by atoms with Crippen LogP contribution < -0.4 is 0 Å². The second kappa shape index (κ2) is 5.52. The minimum atomic E-state index is -0.155. The molecule has 0 saturated carbocycles. The van der Waals surface area contributed by atoms with Gasteiger partial charge in [-0.25, -0.2) is 4.39 Å². The van der Waals surface area contributed by atoms with E-state index >= 15 is 0 Å². The number of fused-ring (bicyclic) bond motifs is 1. The first-order valence-electron chi connectivity index (χ1n) is 7.00. The number of hydrogen-bond donors (Lipinski definition) is 0. The molecule has 0 saturated heterocycles. The fraction of sp³-hybridized carbons (Fsp3) is 0.353. The number of benzene rings is 1. The summed E-state index contributed by atoms with van der Waals surface area (Å²) in [7, 11) is 0. The van der Waals surface area contributed by atoms with Gasteiger partial charge in [0.05, 0.1) is 0 Å². The molecule has 0 bridgehead atoms. The molecule has 0 fully saturated rings. The van der Waals surface area contributed by atoms with Crippen LogP contribution in [0.1, 0.15) is 41.9 Å². The molecule has 19 heavy (non-hydrogen) atoms. The van der Waals surface area contributed by atoms with Crippen molar-refractivity contribution in [2.24, 2.45) is 0 Å². The summed E-state index contributed by atoms with van der Waals surface area (Å²) in [4.78, 5) is 4.22. The fourth-order valence-electron chi connectivity index (χ4n) is 3.03. The predicted octanol–water partition coefficient (Wildman–Crippen LogP) is 4.27. The van der Waals surface area contributed by atoms with Crippen LogP contribution in [-0.2, 0) is 12.8 Å². The van der Waals surface area contributed by atoms with Crippen LogP contribution in [0.3, 0.4) is 0 Å². The van der Waals surface area contributed by atoms with E-state index in [9.17, 15) is 4.39 Å². The summed E-state index contributed by atoms with van der Waals surface area (Å²) >= 11 is 0. The highest BCUT2D eigenvalue weighted by atomic mass is 19.1. The first kappa shape index (κ1) is 12.3. The third kappa shape index (κ3) is 2.83. The second-order valence-corrected chi connectivity index (χ2v) is 5.33. The molecule has 1 aliphatic rings. The monoisotopic (exact) mass is 255 g/mol. The lowest BCUT2D eigenvalue weighted by Crippen LogP contribution is -2.11. The maximum absolute atomic E-state index is 12.9. The van der Waals surface area contributed by atoms with E-state index in [1.807, 2.05) is 24.5 Å². The number of hydrogen-bond acceptors (Lipinski definition) is 1. The Bertz CT molecular complexity index is 547. The summed E-state index contributed by atoms with van der Waals surface area (Å²) in [6.07, 6.45) is 9.75. The molecule has 1 aromatic carbocycles. The van der Waals surface area contributed by atoms with Crippen LogP contribution in [0.15, 0.2) is 42.7 Å². The molecule has 1 atom stereocenters. The Hall–Kier alpha value is -1.70. The van der Waals surface area contributed by atoms with Crippen LogP contribution in [0, 0.1) is 5.82 Å². The molecule has 0 amide bonds. The maximum atomic E-state index is 12.9. The number of rotatable bonds is 3. The zero-order valence-corrected chi connectivity index (χ0v) is 11.0. The third-order valence-corrected chi connectivity index (χ3v) is 4.07. The van der Waals surface area contributed by atoms with Crippen molar-refractivity contribution in [3.05, 3.63) is 65.2 Å². The van der Waals surface area contributed by atoms with Gasteiger partial charge in [-0.3, -0.25) is 4.98 Å². The van der Waals surface area contributed by atoms with Crippen LogP contribution >= 0.6 is 0 Å². The number of aromatic nitrogens is 1. The number of nitrogens with zero attached hydrogens (tertiary/aromatic N) is 1. The Kier molecular flexibility index (Phi) is 3.58. The maximum Gasteiger partial charge on any atom is 0.123 e. The van der Waals surface area contributed by atoms with Crippen LogP contribution in [0.4, 0.5) is 4.39 Å². The highest BCUT2D eigenvalue weighted by Crippen LogP contribution is 2.34. The van der Waals surface area contributed by atoms with Crippen molar-refractivity contribution in [2.45, 2.75) is 38.0 Å². The lowest BCUT2D eigenvalue weighted by Gasteiger charge is -2.25. The Balaban J connectivity index is 1.69. The van der Waals surface area contributed by atoms with Crippen molar-refractivity contribution in [1.29, 1.82) is 0 Å². The smallest absolute Gasteiger partial charge is 0.123 e. The average molecular weight is 255 g/mol. The Morgan fingerprint density at radius 1 is 1.16 bits per heavy atom. The van der Waals surface area contributed by atoms with Gasteiger partial charge >= 0.3 is 0 Å². The zero-order valence-electron chi connectivity index (χ0n) is 11.0. The van der Waals surface area contributed by atoms with Gasteiger partial charge < -0.3 is 0 Å². The Labute approximate surface area is 113 Å². The molecule has 2 aromatic rings. The van der Waals surface area contributed by atoms with E-state index in [1.54, 1.807) is 12.1 Å². The molecule has 0 aliphatic heterocycles. The Morgan fingerprint density at radius 3 is 2.84 bits per heavy atom. The van der Waals surface area contributed by atoms with E-state index in [1.165, 1.54) is 29.5 Å². The van der Waals surface area contributed by atoms with Crippen LogP contribution in [0.5, 0.6) is 0 Å². The van der Waals surface area contributed by atoms with Gasteiger partial charge in [-0.1, -0.05) is 12.1 Å². The minimum absolute atomic E-state index is 0.155. The van der Waals surface area contributed by atoms with Crippen molar-refractivity contribution >= 4 is 0 Å². The molecule has 1 nitrogen and oxygen atoms in total. The fourth-order valence-corrected chi connectivity index (χ4v) is 3.03. The van der Waals surface area contributed by atoms with E-state index in [0.29, 0.717) is 5.92 Å². The predicted molar refractivity (Wildman–Crippen MR) is 74.6 cm³/mol. The molecule has 1 unspecified atom stereocenters. The normalized spacial score (nSPS) is 18.1. The standard InChI is InChI=1S/C17H18FN/c18-16-8-5-13(6-9-16)4-7-14-2-1-3-15-12-19-11-10-17(14)15/h5-6,8-12,14H,1-4,7H2. The number of pyridine rings is 1. The van der Waals surface area contributed by atoms with E-state index in [0.717, 1.165) is 19.3 Å². The molecule has 3 rings (SSSR count). The van der Waals surface area contributed by atoms with Gasteiger partial charge in [0.1, 0.15) is 5.82 Å². The minimum Gasteiger partial charge on any atom is -0.264 e. The van der Waals surface area contributed by atoms with E-state index in [4.69, 9.17) is 0 Å². The summed E-state index contributed by atoms with van der Waals surface area (Å²) in [5.41, 5.74) is 4.11. The Morgan fingerprint density at radius 2 is 2.00 bits per heavy atom. The van der Waals surface area contributed by atoms with E-state index < -0.39 is 0 Å². The molecule has 1 aromatic heterocycles. The van der Waals surface area contributed by atoms with Crippen LogP contribution in [-0.4, -0.2) is 4.98 Å². The summed E-state index contributed by atoms with van der Waals surface area (Å²) in [6, 6.07) is 9.06. The van der Waals surface area contributed by atoms with Gasteiger partial charge in [0.15, 0.2) is 0 Å². The molecule has 98 valence electrons. The van der Waals surface area contributed by atoms with Crippen molar-refractivity contribution < 1.29 is 4.39 Å². The van der Waals surface area contributed by atoms with Crippen LogP contribution in [0.25, 0.3) is 0 Å². The molecule has 0 radical (unpaired) electrons. The van der Waals surface area contributed by atoms with Gasteiger partial charge in [-0.15, -0.1) is 0 Å².